The third kappa shape index (κ3) is 7.89. The van der Waals surface area contributed by atoms with E-state index >= 15 is 0 Å². The minimum Gasteiger partial charge on any atom is -0.417 e. The molecule has 0 fully saturated rings. The predicted octanol–water partition coefficient (Wildman–Crippen LogP) is 3.88. The second-order valence-electron chi connectivity index (χ2n) is 5.80. The summed E-state index contributed by atoms with van der Waals surface area (Å²) in [5, 5.41) is 8.45. The molecule has 2 nitrogen and oxygen atoms in total. The fourth-order valence-electron chi connectivity index (χ4n) is 1.74. The summed E-state index contributed by atoms with van der Waals surface area (Å²) in [5.41, 5.74) is 0.243. The molecule has 0 aliphatic rings. The number of hydrogen-bond donors (Lipinski definition) is 0. The Morgan fingerprint density at radius 3 is 2.25 bits per heavy atom. The van der Waals surface area contributed by atoms with Crippen molar-refractivity contribution in [3.05, 3.63) is 0 Å². The average molecular weight is 241 g/mol. The normalized spacial score (nSPS) is 13.8. The van der Waals surface area contributed by atoms with Crippen LogP contribution in [-0.4, -0.2) is 15.1 Å². The summed E-state index contributed by atoms with van der Waals surface area (Å²) in [4.78, 5) is 0. The fraction of sp³-hybridized carbons (Fsp3) is 0.923. The van der Waals surface area contributed by atoms with Crippen LogP contribution in [0.3, 0.4) is 0 Å². The predicted molar refractivity (Wildman–Crippen MR) is 71.9 cm³/mol. The second kappa shape index (κ2) is 7.86. The monoisotopic (exact) mass is 241 g/mol. The lowest BCUT2D eigenvalue weighted by atomic mass is 9.86. The van der Waals surface area contributed by atoms with Crippen molar-refractivity contribution in [3.8, 4) is 6.07 Å². The van der Waals surface area contributed by atoms with Crippen molar-refractivity contribution in [1.29, 1.82) is 5.26 Å². The third-order valence-corrected chi connectivity index (χ3v) is 3.53. The molecule has 16 heavy (non-hydrogen) atoms. The molecule has 0 N–H and O–H groups in total. The van der Waals surface area contributed by atoms with Crippen LogP contribution in [0.5, 0.6) is 0 Å². The van der Waals surface area contributed by atoms with Gasteiger partial charge in [-0.25, -0.2) is 0 Å². The topological polar surface area (TPSA) is 33.0 Å². The maximum Gasteiger partial charge on any atom is 0.171 e. The molecule has 0 bridgehead atoms. The summed E-state index contributed by atoms with van der Waals surface area (Å²) in [5.74, 6) is 0. The number of nitriles is 1. The molecule has 0 heterocycles. The van der Waals surface area contributed by atoms with E-state index in [-0.39, 0.29) is 5.41 Å². The van der Waals surface area contributed by atoms with Crippen LogP contribution < -0.4 is 0 Å². The van der Waals surface area contributed by atoms with Crippen LogP contribution in [0.15, 0.2) is 0 Å². The van der Waals surface area contributed by atoms with E-state index in [2.05, 4.69) is 39.9 Å². The Kier molecular flexibility index (Phi) is 7.70. The van der Waals surface area contributed by atoms with Crippen molar-refractivity contribution in [3.63, 3.8) is 0 Å². The average Bonchev–Trinajstić information content (AvgIpc) is 2.13. The summed E-state index contributed by atoms with van der Waals surface area (Å²) in [6.07, 6.45) is 5.60. The molecule has 0 aromatic heterocycles. The Balaban J connectivity index is 3.90. The molecule has 0 saturated heterocycles. The van der Waals surface area contributed by atoms with E-state index in [0.717, 1.165) is 19.3 Å². The molecule has 0 rings (SSSR count). The first-order chi connectivity index (χ1) is 7.38. The van der Waals surface area contributed by atoms with Crippen LogP contribution in [0.1, 0.15) is 52.9 Å². The van der Waals surface area contributed by atoms with Crippen molar-refractivity contribution in [2.24, 2.45) is 5.41 Å². The fourth-order valence-corrected chi connectivity index (χ4v) is 2.95. The van der Waals surface area contributed by atoms with E-state index < -0.39 is 9.04 Å². The molecule has 94 valence electrons. The van der Waals surface area contributed by atoms with Gasteiger partial charge in [-0.15, -0.1) is 0 Å². The smallest absolute Gasteiger partial charge is 0.171 e. The largest absolute Gasteiger partial charge is 0.417 e. The lowest BCUT2D eigenvalue weighted by Gasteiger charge is -2.32. The van der Waals surface area contributed by atoms with Gasteiger partial charge in [-0.1, -0.05) is 33.6 Å². The van der Waals surface area contributed by atoms with Crippen LogP contribution in [0.4, 0.5) is 0 Å². The van der Waals surface area contributed by atoms with Crippen LogP contribution >= 0.6 is 0 Å². The van der Waals surface area contributed by atoms with Gasteiger partial charge in [-0.2, -0.15) is 5.26 Å². The van der Waals surface area contributed by atoms with Gasteiger partial charge in [0.2, 0.25) is 0 Å². The number of rotatable bonds is 7. The first-order valence-electron chi connectivity index (χ1n) is 6.40. The Bertz CT molecular complexity index is 215. The summed E-state index contributed by atoms with van der Waals surface area (Å²) in [6.45, 7) is 11.2. The van der Waals surface area contributed by atoms with Gasteiger partial charge in [-0.05, 0) is 31.4 Å². The molecular weight excluding hydrogens is 214 g/mol. The van der Waals surface area contributed by atoms with Gasteiger partial charge in [0, 0.05) is 12.5 Å². The zero-order chi connectivity index (χ0) is 12.6. The summed E-state index contributed by atoms with van der Waals surface area (Å²) < 4.78 is 6.10. The molecular formula is C13H27NOSi. The number of hydrogen-bond acceptors (Lipinski definition) is 2. The van der Waals surface area contributed by atoms with Gasteiger partial charge in [-0.3, -0.25) is 0 Å². The van der Waals surface area contributed by atoms with Gasteiger partial charge >= 0.3 is 0 Å². The van der Waals surface area contributed by atoms with Crippen molar-refractivity contribution in [1.82, 2.24) is 0 Å². The van der Waals surface area contributed by atoms with Gasteiger partial charge in [0.25, 0.3) is 0 Å². The number of unbranched alkanes of at least 4 members (excludes halogenated alkanes) is 3. The Morgan fingerprint density at radius 2 is 1.81 bits per heavy atom. The third-order valence-electron chi connectivity index (χ3n) is 2.66. The van der Waals surface area contributed by atoms with Gasteiger partial charge < -0.3 is 4.43 Å². The van der Waals surface area contributed by atoms with Crippen molar-refractivity contribution < 1.29 is 4.43 Å². The van der Waals surface area contributed by atoms with Gasteiger partial charge in [0.05, 0.1) is 6.07 Å². The highest BCUT2D eigenvalue weighted by atomic mass is 28.3. The Labute approximate surface area is 103 Å². The lowest BCUT2D eigenvalue weighted by molar-refractivity contribution is 0.0760. The second-order valence-corrected chi connectivity index (χ2v) is 8.17. The lowest BCUT2D eigenvalue weighted by Crippen LogP contribution is -2.33. The van der Waals surface area contributed by atoms with E-state index in [9.17, 15) is 0 Å². The van der Waals surface area contributed by atoms with E-state index in [1.165, 1.54) is 6.42 Å². The zero-order valence-corrected chi connectivity index (χ0v) is 12.7. The summed E-state index contributed by atoms with van der Waals surface area (Å²) in [6, 6.07) is 2.19. The molecule has 0 radical (unpaired) electrons. The quantitative estimate of drug-likeness (QED) is 0.500. The SMILES string of the molecule is C[SiH](C)OC(CCCCCC#N)C(C)(C)C. The molecule has 1 atom stereocenters. The van der Waals surface area contributed by atoms with Crippen LogP contribution in [-0.2, 0) is 4.43 Å². The molecule has 0 spiro atoms. The minimum atomic E-state index is -0.945. The van der Waals surface area contributed by atoms with E-state index in [4.69, 9.17) is 9.69 Å². The molecule has 0 saturated carbocycles. The molecule has 3 heteroatoms. The Hall–Kier alpha value is -0.333. The minimum absolute atomic E-state index is 0.243. The summed E-state index contributed by atoms with van der Waals surface area (Å²) in [7, 11) is -0.945. The highest BCUT2D eigenvalue weighted by molar-refractivity contribution is 6.48. The Morgan fingerprint density at radius 1 is 1.19 bits per heavy atom. The van der Waals surface area contributed by atoms with E-state index in [1.807, 2.05) is 0 Å². The zero-order valence-electron chi connectivity index (χ0n) is 11.5. The van der Waals surface area contributed by atoms with Crippen LogP contribution in [0.2, 0.25) is 13.1 Å². The standard InChI is InChI=1S/C13H27NOSi/c1-13(2,3)12(15-16(4)5)10-8-6-7-9-11-14/h12,16H,6-10H2,1-5H3. The van der Waals surface area contributed by atoms with Crippen molar-refractivity contribution >= 4 is 9.04 Å². The molecule has 0 aliphatic carbocycles. The molecule has 1 unspecified atom stereocenters. The summed E-state index contributed by atoms with van der Waals surface area (Å²) >= 11 is 0. The van der Waals surface area contributed by atoms with Crippen LogP contribution in [0.25, 0.3) is 0 Å². The van der Waals surface area contributed by atoms with E-state index in [1.54, 1.807) is 0 Å². The molecule has 0 amide bonds. The van der Waals surface area contributed by atoms with Crippen molar-refractivity contribution in [2.75, 3.05) is 0 Å². The van der Waals surface area contributed by atoms with Gasteiger partial charge in [0.15, 0.2) is 9.04 Å². The molecule has 0 aliphatic heterocycles. The van der Waals surface area contributed by atoms with Crippen LogP contribution in [0, 0.1) is 16.7 Å². The highest BCUT2D eigenvalue weighted by Crippen LogP contribution is 2.27. The molecule has 0 aromatic carbocycles. The first kappa shape index (κ1) is 15.7. The number of nitrogens with zero attached hydrogens (tertiary/aromatic N) is 1. The van der Waals surface area contributed by atoms with Crippen molar-refractivity contribution in [2.45, 2.75) is 72.1 Å². The van der Waals surface area contributed by atoms with E-state index in [0.29, 0.717) is 12.5 Å². The highest BCUT2D eigenvalue weighted by Gasteiger charge is 2.25. The molecule has 0 aromatic rings. The van der Waals surface area contributed by atoms with Gasteiger partial charge in [0.1, 0.15) is 0 Å². The maximum atomic E-state index is 8.45. The first-order valence-corrected chi connectivity index (χ1v) is 9.18. The maximum absolute atomic E-state index is 8.45.